The molecule has 2 N–H and O–H groups in total. The lowest BCUT2D eigenvalue weighted by atomic mass is 10.0. The summed E-state index contributed by atoms with van der Waals surface area (Å²) in [6, 6.07) is 0. The Hall–Kier alpha value is -0.130. The van der Waals surface area contributed by atoms with Crippen molar-refractivity contribution in [1.29, 1.82) is 0 Å². The molecule has 5 heteroatoms. The Morgan fingerprint density at radius 3 is 2.15 bits per heavy atom. The quantitative estimate of drug-likeness (QED) is 0.692. The van der Waals surface area contributed by atoms with Crippen molar-refractivity contribution in [2.75, 3.05) is 19.6 Å². The van der Waals surface area contributed by atoms with Gasteiger partial charge in [-0.1, -0.05) is 0 Å². The fraction of sp³-hybridized carbons (Fsp3) is 1.00. The van der Waals surface area contributed by atoms with Crippen LogP contribution >= 0.6 is 0 Å². The van der Waals surface area contributed by atoms with Crippen LogP contribution in [0.3, 0.4) is 0 Å². The van der Waals surface area contributed by atoms with Crippen LogP contribution < -0.4 is 5.73 Å². The molecule has 0 aromatic rings. The lowest BCUT2D eigenvalue weighted by Crippen LogP contribution is -2.56. The second-order valence-corrected chi connectivity index (χ2v) is 7.23. The van der Waals surface area contributed by atoms with E-state index in [4.69, 9.17) is 5.73 Å². The van der Waals surface area contributed by atoms with Crippen LogP contribution in [-0.2, 0) is 10.0 Å². The summed E-state index contributed by atoms with van der Waals surface area (Å²) in [5, 5.41) is 0. The number of rotatable bonds is 2. The van der Waals surface area contributed by atoms with Crippen LogP contribution in [0.4, 0.5) is 0 Å². The molecule has 0 atom stereocenters. The second-order valence-electron chi connectivity index (χ2n) is 4.54. The van der Waals surface area contributed by atoms with Crippen molar-refractivity contribution >= 4 is 10.0 Å². The molecule has 13 heavy (non-hydrogen) atoms. The van der Waals surface area contributed by atoms with E-state index in [0.717, 1.165) is 0 Å². The van der Waals surface area contributed by atoms with Crippen LogP contribution in [0, 0.1) is 5.92 Å². The summed E-state index contributed by atoms with van der Waals surface area (Å²) >= 11 is 0. The van der Waals surface area contributed by atoms with Gasteiger partial charge in [0, 0.05) is 13.1 Å². The van der Waals surface area contributed by atoms with Gasteiger partial charge in [0.2, 0.25) is 10.0 Å². The van der Waals surface area contributed by atoms with Crippen LogP contribution in [-0.4, -0.2) is 37.1 Å². The van der Waals surface area contributed by atoms with Gasteiger partial charge in [0.05, 0.1) is 4.75 Å². The average molecular weight is 206 g/mol. The van der Waals surface area contributed by atoms with Gasteiger partial charge >= 0.3 is 0 Å². The number of nitrogens with zero attached hydrogens (tertiary/aromatic N) is 1. The van der Waals surface area contributed by atoms with E-state index in [1.807, 2.05) is 0 Å². The zero-order chi connectivity index (χ0) is 10.3. The molecule has 0 radical (unpaired) electrons. The van der Waals surface area contributed by atoms with Crippen molar-refractivity contribution in [3.05, 3.63) is 0 Å². The third-order valence-electron chi connectivity index (χ3n) is 2.37. The van der Waals surface area contributed by atoms with Crippen molar-refractivity contribution in [3.63, 3.8) is 0 Å². The highest BCUT2D eigenvalue weighted by Gasteiger charge is 2.41. The summed E-state index contributed by atoms with van der Waals surface area (Å²) in [7, 11) is -3.10. The largest absolute Gasteiger partial charge is 0.330 e. The van der Waals surface area contributed by atoms with Crippen LogP contribution in [0.15, 0.2) is 0 Å². The van der Waals surface area contributed by atoms with E-state index in [-0.39, 0.29) is 0 Å². The van der Waals surface area contributed by atoms with Crippen molar-refractivity contribution < 1.29 is 8.42 Å². The van der Waals surface area contributed by atoms with E-state index in [9.17, 15) is 8.42 Å². The molecule has 1 saturated heterocycles. The Kier molecular flexibility index (Phi) is 2.71. The Morgan fingerprint density at radius 2 is 1.85 bits per heavy atom. The van der Waals surface area contributed by atoms with E-state index in [1.54, 1.807) is 20.8 Å². The molecule has 1 aliphatic rings. The Morgan fingerprint density at radius 1 is 1.38 bits per heavy atom. The number of hydrogen-bond acceptors (Lipinski definition) is 3. The van der Waals surface area contributed by atoms with Gasteiger partial charge in [0.1, 0.15) is 0 Å². The average Bonchev–Trinajstić information content (AvgIpc) is 1.81. The highest BCUT2D eigenvalue weighted by Crippen LogP contribution is 2.26. The fourth-order valence-corrected chi connectivity index (χ4v) is 2.84. The Labute approximate surface area is 80.1 Å². The zero-order valence-electron chi connectivity index (χ0n) is 8.45. The number of nitrogens with two attached hydrogens (primary N) is 1. The van der Waals surface area contributed by atoms with Gasteiger partial charge in [-0.05, 0) is 33.2 Å². The van der Waals surface area contributed by atoms with Crippen LogP contribution in [0.5, 0.6) is 0 Å². The van der Waals surface area contributed by atoms with Crippen molar-refractivity contribution in [3.8, 4) is 0 Å². The SMILES string of the molecule is CC(C)(C)S(=O)(=O)N1CC(CN)C1. The molecule has 1 heterocycles. The maximum Gasteiger partial charge on any atom is 0.219 e. The molecule has 0 unspecified atom stereocenters. The third-order valence-corrected chi connectivity index (χ3v) is 4.90. The van der Waals surface area contributed by atoms with Gasteiger partial charge in [0.25, 0.3) is 0 Å². The molecule has 1 aliphatic heterocycles. The zero-order valence-corrected chi connectivity index (χ0v) is 9.26. The standard InChI is InChI=1S/C8H18N2O2S/c1-8(2,3)13(11,12)10-5-7(4-9)6-10/h7H,4-6,9H2,1-3H3. The molecule has 4 nitrogen and oxygen atoms in total. The summed E-state index contributed by atoms with van der Waals surface area (Å²) < 4.78 is 24.4. The van der Waals surface area contributed by atoms with E-state index >= 15 is 0 Å². The monoisotopic (exact) mass is 206 g/mol. The molecule has 0 aliphatic carbocycles. The van der Waals surface area contributed by atoms with Crippen LogP contribution in [0.2, 0.25) is 0 Å². The molecule has 0 aromatic heterocycles. The predicted octanol–water partition coefficient (Wildman–Crippen LogP) is 0.00520. The highest BCUT2D eigenvalue weighted by atomic mass is 32.2. The normalized spacial score (nSPS) is 21.5. The van der Waals surface area contributed by atoms with Gasteiger partial charge in [-0.15, -0.1) is 0 Å². The molecular weight excluding hydrogens is 188 g/mol. The third kappa shape index (κ3) is 1.87. The van der Waals surface area contributed by atoms with Crippen molar-refractivity contribution in [1.82, 2.24) is 4.31 Å². The first kappa shape index (κ1) is 10.9. The Balaban J connectivity index is 2.66. The number of sulfonamides is 1. The van der Waals surface area contributed by atoms with E-state index in [1.165, 1.54) is 4.31 Å². The van der Waals surface area contributed by atoms with Crippen molar-refractivity contribution in [2.24, 2.45) is 11.7 Å². The summed E-state index contributed by atoms with van der Waals surface area (Å²) in [5.41, 5.74) is 5.43. The van der Waals surface area contributed by atoms with Gasteiger partial charge in [-0.3, -0.25) is 0 Å². The molecular formula is C8H18N2O2S. The summed E-state index contributed by atoms with van der Waals surface area (Å²) in [6.07, 6.45) is 0. The van der Waals surface area contributed by atoms with Crippen LogP contribution in [0.1, 0.15) is 20.8 Å². The molecule has 0 aromatic carbocycles. The first-order valence-electron chi connectivity index (χ1n) is 4.49. The summed E-state index contributed by atoms with van der Waals surface area (Å²) in [6.45, 7) is 6.93. The minimum absolute atomic E-state index is 0.358. The minimum Gasteiger partial charge on any atom is -0.330 e. The predicted molar refractivity (Wildman–Crippen MR) is 52.8 cm³/mol. The topological polar surface area (TPSA) is 63.4 Å². The van der Waals surface area contributed by atoms with Crippen LogP contribution in [0.25, 0.3) is 0 Å². The van der Waals surface area contributed by atoms with Crippen molar-refractivity contribution in [2.45, 2.75) is 25.5 Å². The van der Waals surface area contributed by atoms with Gasteiger partial charge in [-0.25, -0.2) is 12.7 Å². The minimum atomic E-state index is -3.10. The number of hydrogen-bond donors (Lipinski definition) is 1. The molecule has 1 rings (SSSR count). The maximum absolute atomic E-state index is 11.8. The lowest BCUT2D eigenvalue weighted by molar-refractivity contribution is 0.202. The molecule has 0 amide bonds. The highest BCUT2D eigenvalue weighted by molar-refractivity contribution is 7.90. The van der Waals surface area contributed by atoms with Gasteiger partial charge in [0.15, 0.2) is 0 Å². The first-order chi connectivity index (χ1) is 5.79. The second kappa shape index (κ2) is 3.22. The molecule has 0 bridgehead atoms. The molecule has 1 fully saturated rings. The van der Waals surface area contributed by atoms with E-state index < -0.39 is 14.8 Å². The molecule has 0 saturated carbocycles. The molecule has 0 spiro atoms. The lowest BCUT2D eigenvalue weighted by Gasteiger charge is -2.41. The molecule has 78 valence electrons. The maximum atomic E-state index is 11.8. The smallest absolute Gasteiger partial charge is 0.219 e. The van der Waals surface area contributed by atoms with E-state index in [2.05, 4.69) is 0 Å². The first-order valence-corrected chi connectivity index (χ1v) is 5.93. The van der Waals surface area contributed by atoms with Gasteiger partial charge in [-0.2, -0.15) is 0 Å². The summed E-state index contributed by atoms with van der Waals surface area (Å²) in [5.74, 6) is 0.358. The fourth-order valence-electron chi connectivity index (χ4n) is 1.26. The Bertz CT molecular complexity index is 273. The summed E-state index contributed by atoms with van der Waals surface area (Å²) in [4.78, 5) is 0. The van der Waals surface area contributed by atoms with E-state index in [0.29, 0.717) is 25.6 Å². The van der Waals surface area contributed by atoms with Gasteiger partial charge < -0.3 is 5.73 Å².